The van der Waals surface area contributed by atoms with Crippen molar-refractivity contribution in [1.82, 2.24) is 4.90 Å². The van der Waals surface area contributed by atoms with Crippen LogP contribution < -0.4 is 0 Å². The highest BCUT2D eigenvalue weighted by Gasteiger charge is 2.46. The fourth-order valence-corrected chi connectivity index (χ4v) is 1.98. The van der Waals surface area contributed by atoms with Gasteiger partial charge in [-0.1, -0.05) is 0 Å². The number of carbonyl (C=O) groups is 2. The number of rotatable bonds is 1. The summed E-state index contributed by atoms with van der Waals surface area (Å²) < 4.78 is 19.1. The summed E-state index contributed by atoms with van der Waals surface area (Å²) in [7, 11) is 0. The van der Waals surface area contributed by atoms with Crippen molar-refractivity contribution < 1.29 is 23.8 Å². The Kier molecular flexibility index (Phi) is 3.88. The first kappa shape index (κ1) is 14.7. The Morgan fingerprint density at radius 3 is 2.39 bits per heavy atom. The van der Waals surface area contributed by atoms with E-state index >= 15 is 0 Å². The molecule has 1 heterocycles. The predicted octanol–water partition coefficient (Wildman–Crippen LogP) is 2.20. The first-order valence-corrected chi connectivity index (χ1v) is 5.97. The van der Waals surface area contributed by atoms with Gasteiger partial charge in [0, 0.05) is 25.4 Å². The second-order valence-electron chi connectivity index (χ2n) is 5.75. The average molecular weight is 261 g/mol. The number of nitrogens with zero attached hydrogens (tertiary/aromatic N) is 1. The highest BCUT2D eigenvalue weighted by molar-refractivity contribution is 5.78. The zero-order valence-electron chi connectivity index (χ0n) is 11.2. The van der Waals surface area contributed by atoms with Crippen molar-refractivity contribution >= 4 is 12.1 Å². The van der Waals surface area contributed by atoms with Crippen LogP contribution in [0.5, 0.6) is 0 Å². The summed E-state index contributed by atoms with van der Waals surface area (Å²) >= 11 is 0. The van der Waals surface area contributed by atoms with Crippen molar-refractivity contribution in [3.05, 3.63) is 0 Å². The van der Waals surface area contributed by atoms with E-state index in [-0.39, 0.29) is 19.4 Å². The van der Waals surface area contributed by atoms with Crippen LogP contribution in [0.1, 0.15) is 40.5 Å². The van der Waals surface area contributed by atoms with E-state index in [1.54, 1.807) is 27.7 Å². The normalized spacial score (nSPS) is 28.9. The van der Waals surface area contributed by atoms with Crippen molar-refractivity contribution in [1.29, 1.82) is 0 Å². The second-order valence-corrected chi connectivity index (χ2v) is 5.75. The largest absolute Gasteiger partial charge is 0.479 e. The van der Waals surface area contributed by atoms with Gasteiger partial charge in [0.25, 0.3) is 0 Å². The van der Waals surface area contributed by atoms with Gasteiger partial charge < -0.3 is 14.7 Å². The molecule has 6 heteroatoms. The monoisotopic (exact) mass is 261 g/mol. The molecule has 1 aliphatic rings. The summed E-state index contributed by atoms with van der Waals surface area (Å²) in [4.78, 5) is 24.0. The summed E-state index contributed by atoms with van der Waals surface area (Å²) in [6.07, 6.45) is -0.935. The van der Waals surface area contributed by atoms with Crippen LogP contribution in [0.25, 0.3) is 0 Å². The third kappa shape index (κ3) is 3.34. The summed E-state index contributed by atoms with van der Waals surface area (Å²) in [6.45, 7) is 6.92. The lowest BCUT2D eigenvalue weighted by Crippen LogP contribution is -2.53. The maximum Gasteiger partial charge on any atom is 0.410 e. The smallest absolute Gasteiger partial charge is 0.410 e. The van der Waals surface area contributed by atoms with Crippen molar-refractivity contribution in [3.8, 4) is 0 Å². The Hall–Kier alpha value is -1.33. The minimum Gasteiger partial charge on any atom is -0.479 e. The number of halogens is 1. The van der Waals surface area contributed by atoms with Crippen LogP contribution >= 0.6 is 0 Å². The minimum atomic E-state index is -2.24. The van der Waals surface area contributed by atoms with Gasteiger partial charge in [-0.25, -0.2) is 14.0 Å². The van der Waals surface area contributed by atoms with Gasteiger partial charge in [-0.05, 0) is 27.7 Å². The molecule has 0 aliphatic carbocycles. The number of carbonyl (C=O) groups excluding carboxylic acids is 1. The van der Waals surface area contributed by atoms with Crippen molar-refractivity contribution in [2.45, 2.75) is 57.8 Å². The van der Waals surface area contributed by atoms with Crippen LogP contribution in [0.15, 0.2) is 0 Å². The van der Waals surface area contributed by atoms with E-state index in [1.165, 1.54) is 4.90 Å². The maximum absolute atomic E-state index is 13.9. The fraction of sp³-hybridized carbons (Fsp3) is 0.833. The molecule has 0 aromatic carbocycles. The van der Waals surface area contributed by atoms with Crippen molar-refractivity contribution in [2.75, 3.05) is 6.54 Å². The number of hydrogen-bond acceptors (Lipinski definition) is 3. The van der Waals surface area contributed by atoms with Crippen LogP contribution in [0, 0.1) is 0 Å². The molecular weight excluding hydrogens is 241 g/mol. The van der Waals surface area contributed by atoms with Gasteiger partial charge in [-0.15, -0.1) is 0 Å². The number of ether oxygens (including phenoxy) is 1. The zero-order chi connectivity index (χ0) is 14.1. The minimum absolute atomic E-state index is 0.0544. The van der Waals surface area contributed by atoms with E-state index in [9.17, 15) is 14.0 Å². The Bertz CT molecular complexity index is 352. The highest BCUT2D eigenvalue weighted by Crippen LogP contribution is 2.31. The first-order chi connectivity index (χ1) is 8.05. The standard InChI is InChI=1S/C12H20FNO4/c1-8-7-12(13,9(15)16)5-6-14(8)10(17)18-11(2,3)4/h8H,5-7H2,1-4H3,(H,15,16)/t8-,12+/m0/s1. The van der Waals surface area contributed by atoms with E-state index < -0.39 is 29.4 Å². The Labute approximate surface area is 106 Å². The van der Waals surface area contributed by atoms with Gasteiger partial charge in [0.15, 0.2) is 0 Å². The molecule has 5 nitrogen and oxygen atoms in total. The molecule has 104 valence electrons. The third-order valence-electron chi connectivity index (χ3n) is 2.91. The van der Waals surface area contributed by atoms with Gasteiger partial charge in [0.1, 0.15) is 5.60 Å². The van der Waals surface area contributed by atoms with Crippen LogP contribution in [-0.2, 0) is 9.53 Å². The van der Waals surface area contributed by atoms with E-state index in [1.807, 2.05) is 0 Å². The summed E-state index contributed by atoms with van der Waals surface area (Å²) in [5.74, 6) is -1.46. The molecule has 1 fully saturated rings. The van der Waals surface area contributed by atoms with E-state index in [0.29, 0.717) is 0 Å². The number of amides is 1. The third-order valence-corrected chi connectivity index (χ3v) is 2.91. The average Bonchev–Trinajstić information content (AvgIpc) is 2.13. The molecule has 18 heavy (non-hydrogen) atoms. The summed E-state index contributed by atoms with van der Waals surface area (Å²) in [6, 6.07) is -0.491. The second kappa shape index (κ2) is 4.74. The maximum atomic E-state index is 13.9. The van der Waals surface area contributed by atoms with E-state index in [0.717, 1.165) is 0 Å². The van der Waals surface area contributed by atoms with E-state index in [2.05, 4.69) is 0 Å². The van der Waals surface area contributed by atoms with Crippen molar-refractivity contribution in [2.24, 2.45) is 0 Å². The molecule has 0 spiro atoms. The molecule has 0 radical (unpaired) electrons. The van der Waals surface area contributed by atoms with Gasteiger partial charge in [0.2, 0.25) is 5.67 Å². The number of carboxylic acid groups (broad SMARTS) is 1. The molecule has 1 aliphatic heterocycles. The quantitative estimate of drug-likeness (QED) is 0.785. The number of piperidine rings is 1. The first-order valence-electron chi connectivity index (χ1n) is 5.97. The van der Waals surface area contributed by atoms with Crippen LogP contribution in [0.4, 0.5) is 9.18 Å². The van der Waals surface area contributed by atoms with E-state index in [4.69, 9.17) is 9.84 Å². The molecule has 1 rings (SSSR count). The van der Waals surface area contributed by atoms with Gasteiger partial charge >= 0.3 is 12.1 Å². The molecule has 0 bridgehead atoms. The molecule has 0 aromatic heterocycles. The Balaban J connectivity index is 2.68. The Morgan fingerprint density at radius 2 is 2.00 bits per heavy atom. The highest BCUT2D eigenvalue weighted by atomic mass is 19.1. The Morgan fingerprint density at radius 1 is 1.44 bits per heavy atom. The summed E-state index contributed by atoms with van der Waals surface area (Å²) in [5, 5.41) is 8.82. The number of likely N-dealkylation sites (tertiary alicyclic amines) is 1. The lowest BCUT2D eigenvalue weighted by Gasteiger charge is -2.39. The number of aliphatic carboxylic acids is 1. The zero-order valence-corrected chi connectivity index (χ0v) is 11.2. The van der Waals surface area contributed by atoms with Crippen LogP contribution in [0.2, 0.25) is 0 Å². The number of carboxylic acids is 1. The molecule has 0 saturated carbocycles. The number of hydrogen-bond donors (Lipinski definition) is 1. The topological polar surface area (TPSA) is 66.8 Å². The van der Waals surface area contributed by atoms with Gasteiger partial charge in [0.05, 0.1) is 0 Å². The van der Waals surface area contributed by atoms with Gasteiger partial charge in [-0.2, -0.15) is 0 Å². The lowest BCUT2D eigenvalue weighted by molar-refractivity contribution is -0.155. The number of alkyl halides is 1. The molecular formula is C12H20FNO4. The molecule has 2 atom stereocenters. The molecule has 1 N–H and O–H groups in total. The molecule has 0 unspecified atom stereocenters. The lowest BCUT2D eigenvalue weighted by atomic mass is 9.89. The van der Waals surface area contributed by atoms with Gasteiger partial charge in [-0.3, -0.25) is 0 Å². The molecule has 1 amide bonds. The van der Waals surface area contributed by atoms with Crippen LogP contribution in [-0.4, -0.2) is 45.9 Å². The fourth-order valence-electron chi connectivity index (χ4n) is 1.98. The molecule has 0 aromatic rings. The SMILES string of the molecule is C[C@H]1C[C@@](F)(C(=O)O)CCN1C(=O)OC(C)(C)C. The van der Waals surface area contributed by atoms with Crippen molar-refractivity contribution in [3.63, 3.8) is 0 Å². The molecule has 1 saturated heterocycles. The van der Waals surface area contributed by atoms with Crippen LogP contribution in [0.3, 0.4) is 0 Å². The predicted molar refractivity (Wildman–Crippen MR) is 63.1 cm³/mol. The summed E-state index contributed by atoms with van der Waals surface area (Å²) in [5.41, 5.74) is -2.86.